The first-order valence-electron chi connectivity index (χ1n) is 7.20. The molecule has 6 heteroatoms. The average molecular weight is 310 g/mol. The molecule has 1 aromatic carbocycles. The summed E-state index contributed by atoms with van der Waals surface area (Å²) in [6.45, 7) is 6.00. The predicted molar refractivity (Wildman–Crippen MR) is 77.6 cm³/mol. The third-order valence-corrected chi connectivity index (χ3v) is 4.08. The van der Waals surface area contributed by atoms with E-state index in [1.165, 1.54) is 6.07 Å². The van der Waals surface area contributed by atoms with Crippen molar-refractivity contribution in [1.82, 2.24) is 10.6 Å². The number of benzene rings is 1. The Bertz CT molecular complexity index is 576. The lowest BCUT2D eigenvalue weighted by atomic mass is 9.74. The monoisotopic (exact) mass is 310 g/mol. The molecule has 1 fully saturated rings. The maximum absolute atomic E-state index is 13.6. The van der Waals surface area contributed by atoms with Gasteiger partial charge in [0, 0.05) is 24.6 Å². The molecule has 2 rings (SSSR count). The van der Waals surface area contributed by atoms with E-state index in [4.69, 9.17) is 0 Å². The summed E-state index contributed by atoms with van der Waals surface area (Å²) in [7, 11) is 0. The number of hydrogen-bond donors (Lipinski definition) is 2. The van der Waals surface area contributed by atoms with Crippen molar-refractivity contribution >= 4 is 11.8 Å². The molecule has 4 nitrogen and oxygen atoms in total. The summed E-state index contributed by atoms with van der Waals surface area (Å²) in [4.78, 5) is 24.2. The summed E-state index contributed by atoms with van der Waals surface area (Å²) in [5.41, 5.74) is -0.439. The zero-order valence-electron chi connectivity index (χ0n) is 12.9. The fourth-order valence-electron chi connectivity index (χ4n) is 2.72. The van der Waals surface area contributed by atoms with Gasteiger partial charge >= 0.3 is 0 Å². The van der Waals surface area contributed by atoms with Gasteiger partial charge in [0.2, 0.25) is 11.8 Å². The molecule has 0 unspecified atom stereocenters. The molecule has 2 N–H and O–H groups in total. The highest BCUT2D eigenvalue weighted by Gasteiger charge is 2.45. The molecular weight excluding hydrogens is 290 g/mol. The highest BCUT2D eigenvalue weighted by atomic mass is 19.1. The number of carbonyl (C=O) groups excluding carboxylic acids is 2. The summed E-state index contributed by atoms with van der Waals surface area (Å²) in [6, 6.07) is 3.52. The lowest BCUT2D eigenvalue weighted by Gasteiger charge is -2.29. The molecular formula is C16H20F2N2O2. The van der Waals surface area contributed by atoms with E-state index < -0.39 is 23.5 Å². The van der Waals surface area contributed by atoms with Crippen LogP contribution in [0.15, 0.2) is 18.2 Å². The van der Waals surface area contributed by atoms with Crippen molar-refractivity contribution in [3.63, 3.8) is 0 Å². The largest absolute Gasteiger partial charge is 0.355 e. The van der Waals surface area contributed by atoms with Gasteiger partial charge in [-0.3, -0.25) is 9.59 Å². The van der Waals surface area contributed by atoms with Gasteiger partial charge < -0.3 is 10.6 Å². The average Bonchev–Trinajstić information content (AvgIpc) is 2.80. The molecule has 22 heavy (non-hydrogen) atoms. The van der Waals surface area contributed by atoms with E-state index in [1.807, 2.05) is 20.8 Å². The van der Waals surface area contributed by atoms with E-state index in [2.05, 4.69) is 10.6 Å². The zero-order valence-corrected chi connectivity index (χ0v) is 12.9. The van der Waals surface area contributed by atoms with Crippen LogP contribution in [-0.2, 0) is 16.1 Å². The van der Waals surface area contributed by atoms with Gasteiger partial charge in [-0.25, -0.2) is 8.78 Å². The molecule has 0 radical (unpaired) electrons. The van der Waals surface area contributed by atoms with Crippen LogP contribution >= 0.6 is 0 Å². The lowest BCUT2D eigenvalue weighted by molar-refractivity contribution is -0.135. The van der Waals surface area contributed by atoms with Gasteiger partial charge in [0.25, 0.3) is 0 Å². The van der Waals surface area contributed by atoms with Crippen LogP contribution in [0.25, 0.3) is 0 Å². The van der Waals surface area contributed by atoms with E-state index in [-0.39, 0.29) is 29.3 Å². The normalized spacial score (nSPS) is 21.6. The third-order valence-electron chi connectivity index (χ3n) is 4.08. The summed E-state index contributed by atoms with van der Waals surface area (Å²) in [5.74, 6) is -3.28. The van der Waals surface area contributed by atoms with Gasteiger partial charge in [-0.15, -0.1) is 0 Å². The van der Waals surface area contributed by atoms with Crippen molar-refractivity contribution in [2.24, 2.45) is 17.3 Å². The number of carbonyl (C=O) groups is 2. The molecule has 1 heterocycles. The first-order chi connectivity index (χ1) is 10.2. The van der Waals surface area contributed by atoms with Gasteiger partial charge in [-0.05, 0) is 17.5 Å². The summed E-state index contributed by atoms with van der Waals surface area (Å²) < 4.78 is 27.1. The van der Waals surface area contributed by atoms with Crippen LogP contribution in [0, 0.1) is 28.9 Å². The summed E-state index contributed by atoms with van der Waals surface area (Å²) in [6.07, 6.45) is 0. The summed E-state index contributed by atoms with van der Waals surface area (Å²) in [5, 5.41) is 5.16. The van der Waals surface area contributed by atoms with Gasteiger partial charge in [0.1, 0.15) is 17.6 Å². The molecule has 0 aromatic heterocycles. The number of amides is 2. The Morgan fingerprint density at radius 2 is 1.91 bits per heavy atom. The number of halogens is 2. The van der Waals surface area contributed by atoms with Crippen molar-refractivity contribution < 1.29 is 18.4 Å². The zero-order chi connectivity index (χ0) is 16.5. The first-order valence-corrected chi connectivity index (χ1v) is 7.20. The summed E-state index contributed by atoms with van der Waals surface area (Å²) >= 11 is 0. The molecule has 0 aliphatic carbocycles. The molecule has 0 spiro atoms. The standard InChI is InChI=1S/C16H20F2N2O2/c1-16(2,3)10-8-20-15(22)13(10)14(21)19-7-9-11(17)5-4-6-12(9)18/h4-6,10,13H,7-8H2,1-3H3,(H,19,21)(H,20,22)/t10-,13+/m0/s1. The van der Waals surface area contributed by atoms with Crippen LogP contribution in [0.2, 0.25) is 0 Å². The fourth-order valence-corrected chi connectivity index (χ4v) is 2.72. The highest BCUT2D eigenvalue weighted by Crippen LogP contribution is 2.35. The van der Waals surface area contributed by atoms with Crippen LogP contribution in [-0.4, -0.2) is 18.4 Å². The second-order valence-electron chi connectivity index (χ2n) is 6.61. The minimum absolute atomic E-state index is 0.162. The van der Waals surface area contributed by atoms with Crippen LogP contribution in [0.1, 0.15) is 26.3 Å². The number of rotatable bonds is 3. The van der Waals surface area contributed by atoms with Crippen molar-refractivity contribution in [2.75, 3.05) is 6.54 Å². The van der Waals surface area contributed by atoms with Gasteiger partial charge in [0.15, 0.2) is 0 Å². The van der Waals surface area contributed by atoms with Crippen molar-refractivity contribution in [1.29, 1.82) is 0 Å². The molecule has 1 aliphatic heterocycles. The molecule has 0 bridgehead atoms. The van der Waals surface area contributed by atoms with Gasteiger partial charge in [0.05, 0.1) is 0 Å². The maximum Gasteiger partial charge on any atom is 0.233 e. The molecule has 2 atom stereocenters. The topological polar surface area (TPSA) is 58.2 Å². The highest BCUT2D eigenvalue weighted by molar-refractivity contribution is 6.02. The Kier molecular flexibility index (Phi) is 4.49. The van der Waals surface area contributed by atoms with Gasteiger partial charge in [-0.1, -0.05) is 26.8 Å². The number of nitrogens with one attached hydrogen (secondary N) is 2. The van der Waals surface area contributed by atoms with Crippen molar-refractivity contribution in [3.8, 4) is 0 Å². The SMILES string of the molecule is CC(C)(C)[C@H]1CNC(=O)[C@H]1C(=O)NCc1c(F)cccc1F. The van der Waals surface area contributed by atoms with E-state index in [0.717, 1.165) is 12.1 Å². The first kappa shape index (κ1) is 16.4. The smallest absolute Gasteiger partial charge is 0.233 e. The minimum atomic E-state index is -0.838. The second kappa shape index (κ2) is 6.02. The van der Waals surface area contributed by atoms with E-state index in [0.29, 0.717) is 6.54 Å². The van der Waals surface area contributed by atoms with Crippen molar-refractivity contribution in [2.45, 2.75) is 27.3 Å². The molecule has 120 valence electrons. The van der Waals surface area contributed by atoms with Crippen molar-refractivity contribution in [3.05, 3.63) is 35.4 Å². The van der Waals surface area contributed by atoms with Crippen LogP contribution in [0.4, 0.5) is 8.78 Å². The maximum atomic E-state index is 13.6. The minimum Gasteiger partial charge on any atom is -0.355 e. The van der Waals surface area contributed by atoms with Crippen LogP contribution in [0.5, 0.6) is 0 Å². The Balaban J connectivity index is 2.10. The van der Waals surface area contributed by atoms with E-state index >= 15 is 0 Å². The molecule has 1 aliphatic rings. The molecule has 1 saturated heterocycles. The Morgan fingerprint density at radius 1 is 1.32 bits per heavy atom. The third kappa shape index (κ3) is 3.26. The van der Waals surface area contributed by atoms with E-state index in [9.17, 15) is 18.4 Å². The fraction of sp³-hybridized carbons (Fsp3) is 0.500. The quantitative estimate of drug-likeness (QED) is 0.839. The van der Waals surface area contributed by atoms with Crippen LogP contribution in [0.3, 0.4) is 0 Å². The second-order valence-corrected chi connectivity index (χ2v) is 6.61. The van der Waals surface area contributed by atoms with Gasteiger partial charge in [-0.2, -0.15) is 0 Å². The lowest BCUT2D eigenvalue weighted by Crippen LogP contribution is -2.40. The Labute approximate surface area is 128 Å². The molecule has 0 saturated carbocycles. The Morgan fingerprint density at radius 3 is 2.45 bits per heavy atom. The van der Waals surface area contributed by atoms with Crippen LogP contribution < -0.4 is 10.6 Å². The predicted octanol–water partition coefficient (Wildman–Crippen LogP) is 1.99. The van der Waals surface area contributed by atoms with E-state index in [1.54, 1.807) is 0 Å². The molecule has 1 aromatic rings. The Hall–Kier alpha value is -1.98. The number of hydrogen-bond acceptors (Lipinski definition) is 2. The molecule has 2 amide bonds.